The molecule has 0 saturated carbocycles. The number of aldehydes is 1. The number of rotatable bonds is 7. The van der Waals surface area contributed by atoms with Gasteiger partial charge in [0, 0.05) is 0 Å². The first kappa shape index (κ1) is 15.0. The van der Waals surface area contributed by atoms with Crippen LogP contribution in [0.1, 0.15) is 37.0 Å². The van der Waals surface area contributed by atoms with Crippen molar-refractivity contribution < 1.29 is 24.5 Å². The molecule has 0 heterocycles. The lowest BCUT2D eigenvalue weighted by atomic mass is 9.88. The molecule has 1 aromatic rings. The van der Waals surface area contributed by atoms with E-state index < -0.39 is 11.4 Å². The predicted octanol–water partition coefficient (Wildman–Crippen LogP) is 2.47. The smallest absolute Gasteiger partial charge is 0.309 e. The Morgan fingerprint density at radius 1 is 1.42 bits per heavy atom. The third-order valence-electron chi connectivity index (χ3n) is 2.94. The number of hydrogen-bond acceptors (Lipinski definition) is 4. The number of hydrogen-bond donors (Lipinski definition) is 2. The molecule has 0 radical (unpaired) electrons. The van der Waals surface area contributed by atoms with Gasteiger partial charge in [0.1, 0.15) is 11.5 Å². The van der Waals surface area contributed by atoms with Crippen LogP contribution in [-0.4, -0.2) is 29.1 Å². The minimum atomic E-state index is -0.849. The first-order valence-electron chi connectivity index (χ1n) is 6.02. The van der Waals surface area contributed by atoms with Gasteiger partial charge in [-0.25, -0.2) is 0 Å². The van der Waals surface area contributed by atoms with E-state index in [-0.39, 0.29) is 11.3 Å². The standard InChI is InChI=1S/C14H18O5/c1-14(2,13(17)18)7-4-8-19-12-6-3-5-11(16)10(12)9-15/h3,5-6,9,16H,4,7-8H2,1-2H3,(H,17,18). The Kier molecular flexibility index (Phi) is 4.92. The van der Waals surface area contributed by atoms with Gasteiger partial charge >= 0.3 is 5.97 Å². The molecule has 19 heavy (non-hydrogen) atoms. The Morgan fingerprint density at radius 2 is 2.11 bits per heavy atom. The van der Waals surface area contributed by atoms with Gasteiger partial charge in [-0.1, -0.05) is 6.07 Å². The van der Waals surface area contributed by atoms with Crippen LogP contribution in [0.25, 0.3) is 0 Å². The summed E-state index contributed by atoms with van der Waals surface area (Å²) in [5.74, 6) is -0.667. The predicted molar refractivity (Wildman–Crippen MR) is 69.6 cm³/mol. The van der Waals surface area contributed by atoms with E-state index in [1.165, 1.54) is 6.07 Å². The van der Waals surface area contributed by atoms with Gasteiger partial charge in [0.2, 0.25) is 0 Å². The molecule has 0 aliphatic rings. The topological polar surface area (TPSA) is 83.8 Å². The monoisotopic (exact) mass is 266 g/mol. The van der Waals surface area contributed by atoms with Crippen molar-refractivity contribution in [2.75, 3.05) is 6.61 Å². The molecule has 2 N–H and O–H groups in total. The van der Waals surface area contributed by atoms with Gasteiger partial charge in [0.25, 0.3) is 0 Å². The van der Waals surface area contributed by atoms with Crippen molar-refractivity contribution in [2.45, 2.75) is 26.7 Å². The first-order chi connectivity index (χ1) is 8.88. The summed E-state index contributed by atoms with van der Waals surface area (Å²) in [6.07, 6.45) is 1.55. The number of benzene rings is 1. The summed E-state index contributed by atoms with van der Waals surface area (Å²) < 4.78 is 5.40. The van der Waals surface area contributed by atoms with E-state index in [9.17, 15) is 14.7 Å². The maximum atomic E-state index is 10.9. The van der Waals surface area contributed by atoms with Crippen LogP contribution in [0.2, 0.25) is 0 Å². The second kappa shape index (κ2) is 6.22. The van der Waals surface area contributed by atoms with Crippen LogP contribution in [0.4, 0.5) is 0 Å². The fourth-order valence-corrected chi connectivity index (χ4v) is 1.58. The van der Waals surface area contributed by atoms with Gasteiger partial charge in [0.05, 0.1) is 17.6 Å². The minimum Gasteiger partial charge on any atom is -0.507 e. The van der Waals surface area contributed by atoms with Crippen molar-refractivity contribution in [1.82, 2.24) is 0 Å². The summed E-state index contributed by atoms with van der Waals surface area (Å²) in [7, 11) is 0. The van der Waals surface area contributed by atoms with E-state index in [1.54, 1.807) is 26.0 Å². The summed E-state index contributed by atoms with van der Waals surface area (Å²) in [6, 6.07) is 4.58. The molecule has 0 saturated heterocycles. The Balaban J connectivity index is 2.53. The first-order valence-corrected chi connectivity index (χ1v) is 6.02. The van der Waals surface area contributed by atoms with Crippen LogP contribution >= 0.6 is 0 Å². The lowest BCUT2D eigenvalue weighted by Crippen LogP contribution is -2.24. The molecule has 104 valence electrons. The molecule has 0 aliphatic carbocycles. The van der Waals surface area contributed by atoms with Gasteiger partial charge in [-0.15, -0.1) is 0 Å². The highest BCUT2D eigenvalue weighted by Gasteiger charge is 2.26. The largest absolute Gasteiger partial charge is 0.507 e. The number of phenolic OH excluding ortho intramolecular Hbond substituents is 1. The molecule has 0 aromatic heterocycles. The number of carboxylic acids is 1. The van der Waals surface area contributed by atoms with Gasteiger partial charge in [-0.05, 0) is 38.8 Å². The van der Waals surface area contributed by atoms with Crippen LogP contribution in [0.15, 0.2) is 18.2 Å². The molecule has 0 amide bonds. The Hall–Kier alpha value is -2.04. The summed E-state index contributed by atoms with van der Waals surface area (Å²) in [6.45, 7) is 3.60. The number of carbonyl (C=O) groups is 2. The van der Waals surface area contributed by atoms with Crippen molar-refractivity contribution in [2.24, 2.45) is 5.41 Å². The van der Waals surface area contributed by atoms with Crippen molar-refractivity contribution in [3.05, 3.63) is 23.8 Å². The highest BCUT2D eigenvalue weighted by molar-refractivity contribution is 5.83. The summed E-state index contributed by atoms with van der Waals surface area (Å²) in [4.78, 5) is 21.7. The highest BCUT2D eigenvalue weighted by atomic mass is 16.5. The average molecular weight is 266 g/mol. The molecular formula is C14H18O5. The zero-order valence-corrected chi connectivity index (χ0v) is 11.0. The number of carbonyl (C=O) groups excluding carboxylic acids is 1. The zero-order chi connectivity index (χ0) is 14.5. The summed E-state index contributed by atoms with van der Waals surface area (Å²) in [5, 5.41) is 18.4. The van der Waals surface area contributed by atoms with Crippen molar-refractivity contribution >= 4 is 12.3 Å². The molecule has 0 unspecified atom stereocenters. The quantitative estimate of drug-likeness (QED) is 0.585. The number of phenols is 1. The molecule has 1 aromatic carbocycles. The van der Waals surface area contributed by atoms with Crippen LogP contribution in [0, 0.1) is 5.41 Å². The van der Waals surface area contributed by atoms with Crippen molar-refractivity contribution in [3.8, 4) is 11.5 Å². The van der Waals surface area contributed by atoms with Gasteiger partial charge < -0.3 is 14.9 Å². The summed E-state index contributed by atoms with van der Waals surface area (Å²) in [5.41, 5.74) is -0.685. The van der Waals surface area contributed by atoms with E-state index >= 15 is 0 Å². The Labute approximate surface area is 111 Å². The van der Waals surface area contributed by atoms with Crippen molar-refractivity contribution in [3.63, 3.8) is 0 Å². The zero-order valence-electron chi connectivity index (χ0n) is 11.0. The average Bonchev–Trinajstić information content (AvgIpc) is 2.34. The number of ether oxygens (including phenoxy) is 1. The molecule has 0 atom stereocenters. The highest BCUT2D eigenvalue weighted by Crippen LogP contribution is 2.26. The minimum absolute atomic E-state index is 0.111. The van der Waals surface area contributed by atoms with E-state index in [0.717, 1.165) is 0 Å². The van der Waals surface area contributed by atoms with Crippen LogP contribution in [0.5, 0.6) is 11.5 Å². The van der Waals surface area contributed by atoms with E-state index in [4.69, 9.17) is 9.84 Å². The van der Waals surface area contributed by atoms with E-state index in [2.05, 4.69) is 0 Å². The van der Waals surface area contributed by atoms with Gasteiger partial charge in [-0.3, -0.25) is 9.59 Å². The van der Waals surface area contributed by atoms with Crippen LogP contribution < -0.4 is 4.74 Å². The molecule has 0 bridgehead atoms. The third-order valence-corrected chi connectivity index (χ3v) is 2.94. The second-order valence-corrected chi connectivity index (χ2v) is 4.95. The molecule has 1 rings (SSSR count). The number of aromatic hydroxyl groups is 1. The molecule has 5 nitrogen and oxygen atoms in total. The molecule has 0 spiro atoms. The summed E-state index contributed by atoms with van der Waals surface area (Å²) >= 11 is 0. The van der Waals surface area contributed by atoms with E-state index in [0.29, 0.717) is 31.5 Å². The molecule has 0 fully saturated rings. The normalized spacial score (nSPS) is 11.1. The Bertz CT molecular complexity index is 465. The number of carboxylic acid groups (broad SMARTS) is 1. The molecule has 0 aliphatic heterocycles. The second-order valence-electron chi connectivity index (χ2n) is 4.95. The van der Waals surface area contributed by atoms with Crippen LogP contribution in [0.3, 0.4) is 0 Å². The molecule has 5 heteroatoms. The maximum absolute atomic E-state index is 10.9. The SMILES string of the molecule is CC(C)(CCCOc1cccc(O)c1C=O)C(=O)O. The fourth-order valence-electron chi connectivity index (χ4n) is 1.58. The van der Waals surface area contributed by atoms with Gasteiger partial charge in [0.15, 0.2) is 6.29 Å². The van der Waals surface area contributed by atoms with Crippen molar-refractivity contribution in [1.29, 1.82) is 0 Å². The van der Waals surface area contributed by atoms with Crippen LogP contribution in [-0.2, 0) is 4.79 Å². The fraction of sp³-hybridized carbons (Fsp3) is 0.429. The third kappa shape index (κ3) is 3.98. The van der Waals surface area contributed by atoms with Gasteiger partial charge in [-0.2, -0.15) is 0 Å². The number of aliphatic carboxylic acids is 1. The van der Waals surface area contributed by atoms with E-state index in [1.807, 2.05) is 0 Å². The maximum Gasteiger partial charge on any atom is 0.309 e. The lowest BCUT2D eigenvalue weighted by molar-refractivity contribution is -0.147. The lowest BCUT2D eigenvalue weighted by Gasteiger charge is -2.18. The Morgan fingerprint density at radius 3 is 2.68 bits per heavy atom. The molecular weight excluding hydrogens is 248 g/mol.